The number of amides is 1. The molecule has 1 heterocycles. The Morgan fingerprint density at radius 3 is 2.54 bits per heavy atom. The van der Waals surface area contributed by atoms with Gasteiger partial charge in [0.15, 0.2) is 0 Å². The molecule has 5 nitrogen and oxygen atoms in total. The molecule has 1 saturated heterocycles. The van der Waals surface area contributed by atoms with E-state index in [4.69, 9.17) is 0 Å². The molecular weight excluding hydrogens is 192 g/mol. The molecule has 0 atom stereocenters. The smallest absolute Gasteiger partial charge is 0.207 e. The van der Waals surface area contributed by atoms with Crippen molar-refractivity contribution in [3.8, 4) is 0 Å². The van der Waals surface area contributed by atoms with Crippen LogP contribution in [0, 0.1) is 0 Å². The van der Waals surface area contributed by atoms with E-state index < -0.39 is 10.6 Å². The van der Waals surface area contributed by atoms with Crippen molar-refractivity contribution in [1.82, 2.24) is 10.2 Å². The second kappa shape index (κ2) is 4.80. The highest BCUT2D eigenvalue weighted by Crippen LogP contribution is 2.39. The second-order valence-corrected chi connectivity index (χ2v) is 5.54. The Labute approximate surface area is 79.5 Å². The highest BCUT2D eigenvalue weighted by atomic mass is 32.3. The van der Waals surface area contributed by atoms with E-state index in [1.807, 2.05) is 0 Å². The summed E-state index contributed by atoms with van der Waals surface area (Å²) in [6.07, 6.45) is 0.678. The Hall–Kier alpha value is -0.300. The van der Waals surface area contributed by atoms with Gasteiger partial charge in [0.2, 0.25) is 6.41 Å². The van der Waals surface area contributed by atoms with Gasteiger partial charge in [-0.1, -0.05) is 0 Å². The molecule has 1 aliphatic heterocycles. The largest absolute Gasteiger partial charge is 0.357 e. The monoisotopic (exact) mass is 208 g/mol. The Morgan fingerprint density at radius 1 is 1.38 bits per heavy atom. The third-order valence-electron chi connectivity index (χ3n) is 2.12. The Balaban J connectivity index is 2.14. The van der Waals surface area contributed by atoms with Gasteiger partial charge in [0, 0.05) is 26.2 Å². The van der Waals surface area contributed by atoms with Gasteiger partial charge in [-0.15, -0.1) is 0 Å². The molecule has 0 bridgehead atoms. The number of carbonyl (C=O) groups excluding carboxylic acids is 1. The molecule has 3 N–H and O–H groups in total. The van der Waals surface area contributed by atoms with Crippen LogP contribution in [-0.4, -0.2) is 58.1 Å². The average molecular weight is 208 g/mol. The molecule has 78 valence electrons. The molecule has 0 spiro atoms. The van der Waals surface area contributed by atoms with Crippen LogP contribution >= 0.6 is 10.6 Å². The van der Waals surface area contributed by atoms with Crippen molar-refractivity contribution in [3.05, 3.63) is 0 Å². The Kier molecular flexibility index (Phi) is 3.98. The van der Waals surface area contributed by atoms with Crippen LogP contribution in [0.2, 0.25) is 0 Å². The van der Waals surface area contributed by atoms with Gasteiger partial charge in [-0.3, -0.25) is 18.8 Å². The van der Waals surface area contributed by atoms with Gasteiger partial charge in [-0.2, -0.15) is 10.6 Å². The molecule has 0 aliphatic carbocycles. The summed E-state index contributed by atoms with van der Waals surface area (Å²) >= 11 is 0. The van der Waals surface area contributed by atoms with Gasteiger partial charge < -0.3 is 5.32 Å². The first kappa shape index (κ1) is 10.8. The van der Waals surface area contributed by atoms with E-state index in [0.29, 0.717) is 37.6 Å². The number of rotatable bonds is 4. The first-order valence-electron chi connectivity index (χ1n) is 4.27. The lowest BCUT2D eigenvalue weighted by Crippen LogP contribution is -2.41. The predicted octanol–water partition coefficient (Wildman–Crippen LogP) is -0.201. The van der Waals surface area contributed by atoms with E-state index >= 15 is 0 Å². The summed E-state index contributed by atoms with van der Waals surface area (Å²) in [7, 11) is -2.28. The summed E-state index contributed by atoms with van der Waals surface area (Å²) in [6.45, 7) is 2.84. The third-order valence-corrected chi connectivity index (χ3v) is 3.80. The topological polar surface area (TPSA) is 72.8 Å². The standard InChI is InChI=1S/C7H16N2O3S/c10-7-8-1-2-9-3-5-13(11,12)6-4-9/h7,11-12H,1-6H2,(H,8,10). The fraction of sp³-hybridized carbons (Fsp3) is 0.857. The summed E-state index contributed by atoms with van der Waals surface area (Å²) in [4.78, 5) is 12.1. The lowest BCUT2D eigenvalue weighted by Gasteiger charge is -2.40. The van der Waals surface area contributed by atoms with Crippen LogP contribution in [0.4, 0.5) is 0 Å². The summed E-state index contributed by atoms with van der Waals surface area (Å²) in [6, 6.07) is 0. The normalized spacial score (nSPS) is 25.1. The average Bonchev–Trinajstić information content (AvgIpc) is 2.08. The van der Waals surface area contributed by atoms with Crippen molar-refractivity contribution < 1.29 is 13.9 Å². The van der Waals surface area contributed by atoms with E-state index in [9.17, 15) is 13.9 Å². The quantitative estimate of drug-likeness (QED) is 0.442. The van der Waals surface area contributed by atoms with Crippen LogP contribution in [0.15, 0.2) is 0 Å². The van der Waals surface area contributed by atoms with Crippen molar-refractivity contribution >= 4 is 17.0 Å². The van der Waals surface area contributed by atoms with Gasteiger partial charge in [0.25, 0.3) is 0 Å². The van der Waals surface area contributed by atoms with Gasteiger partial charge in [0.05, 0.1) is 11.5 Å². The first-order chi connectivity index (χ1) is 6.14. The van der Waals surface area contributed by atoms with Gasteiger partial charge in [-0.25, -0.2) is 0 Å². The number of hydrogen-bond acceptors (Lipinski definition) is 4. The molecule has 1 rings (SSSR count). The minimum absolute atomic E-state index is 0.466. The van der Waals surface area contributed by atoms with Gasteiger partial charge >= 0.3 is 0 Å². The Morgan fingerprint density at radius 2 is 2.00 bits per heavy atom. The zero-order chi connectivity index (χ0) is 9.73. The van der Waals surface area contributed by atoms with Crippen molar-refractivity contribution in [2.24, 2.45) is 0 Å². The highest BCUT2D eigenvalue weighted by molar-refractivity contribution is 8.24. The molecule has 6 heteroatoms. The van der Waals surface area contributed by atoms with Crippen LogP contribution in [0.25, 0.3) is 0 Å². The van der Waals surface area contributed by atoms with Gasteiger partial charge in [-0.05, 0) is 0 Å². The van der Waals surface area contributed by atoms with Crippen molar-refractivity contribution in [2.75, 3.05) is 37.7 Å². The number of carbonyl (C=O) groups is 1. The molecule has 0 saturated carbocycles. The van der Waals surface area contributed by atoms with E-state index in [2.05, 4.69) is 10.2 Å². The minimum Gasteiger partial charge on any atom is -0.357 e. The van der Waals surface area contributed by atoms with Crippen LogP contribution in [-0.2, 0) is 4.79 Å². The molecule has 1 fully saturated rings. The number of nitrogens with one attached hydrogen (secondary N) is 1. The SMILES string of the molecule is O=CNCCN1CCS(O)(O)CC1. The van der Waals surface area contributed by atoms with Crippen LogP contribution in [0.5, 0.6) is 0 Å². The van der Waals surface area contributed by atoms with Crippen LogP contribution in [0.3, 0.4) is 0 Å². The zero-order valence-electron chi connectivity index (χ0n) is 7.48. The third kappa shape index (κ3) is 3.95. The summed E-state index contributed by atoms with van der Waals surface area (Å²) in [5, 5.41) is 2.58. The maximum Gasteiger partial charge on any atom is 0.207 e. The summed E-state index contributed by atoms with van der Waals surface area (Å²) < 4.78 is 18.6. The van der Waals surface area contributed by atoms with E-state index in [0.717, 1.165) is 6.54 Å². The summed E-state index contributed by atoms with van der Waals surface area (Å²) in [5.41, 5.74) is 0. The zero-order valence-corrected chi connectivity index (χ0v) is 8.29. The van der Waals surface area contributed by atoms with Crippen molar-refractivity contribution in [2.45, 2.75) is 0 Å². The predicted molar refractivity (Wildman–Crippen MR) is 53.1 cm³/mol. The Bertz CT molecular complexity index is 167. The van der Waals surface area contributed by atoms with Crippen LogP contribution in [0.1, 0.15) is 0 Å². The van der Waals surface area contributed by atoms with E-state index in [1.54, 1.807) is 0 Å². The van der Waals surface area contributed by atoms with Crippen molar-refractivity contribution in [3.63, 3.8) is 0 Å². The highest BCUT2D eigenvalue weighted by Gasteiger charge is 2.21. The molecule has 0 unspecified atom stereocenters. The summed E-state index contributed by atoms with van der Waals surface area (Å²) in [5.74, 6) is 0.933. The molecule has 13 heavy (non-hydrogen) atoms. The molecule has 0 aromatic carbocycles. The fourth-order valence-electron chi connectivity index (χ4n) is 1.27. The minimum atomic E-state index is -2.28. The molecule has 1 aliphatic rings. The number of nitrogens with zero attached hydrogens (tertiary/aromatic N) is 1. The first-order valence-corrected chi connectivity index (χ1v) is 6.15. The number of hydrogen-bond donors (Lipinski definition) is 3. The molecule has 1 amide bonds. The van der Waals surface area contributed by atoms with Gasteiger partial charge in [0.1, 0.15) is 0 Å². The lowest BCUT2D eigenvalue weighted by atomic mass is 10.4. The van der Waals surface area contributed by atoms with E-state index in [1.165, 1.54) is 0 Å². The molecule has 0 aromatic heterocycles. The second-order valence-electron chi connectivity index (χ2n) is 3.12. The maximum absolute atomic E-state index is 9.94. The van der Waals surface area contributed by atoms with Crippen LogP contribution < -0.4 is 5.32 Å². The molecule has 0 aromatic rings. The molecule has 0 radical (unpaired) electrons. The fourth-order valence-corrected chi connectivity index (χ4v) is 2.57. The van der Waals surface area contributed by atoms with E-state index in [-0.39, 0.29) is 0 Å². The molecular formula is C7H16N2O3S. The lowest BCUT2D eigenvalue weighted by molar-refractivity contribution is -0.109. The van der Waals surface area contributed by atoms with Crippen molar-refractivity contribution in [1.29, 1.82) is 0 Å². The maximum atomic E-state index is 9.94.